The monoisotopic (exact) mass is 548 g/mol. The van der Waals surface area contributed by atoms with E-state index in [0.29, 0.717) is 13.0 Å². The van der Waals surface area contributed by atoms with Crippen molar-refractivity contribution in [2.24, 2.45) is 23.7 Å². The summed E-state index contributed by atoms with van der Waals surface area (Å²) in [5.41, 5.74) is 0. The molecule has 2 aliphatic heterocycles. The van der Waals surface area contributed by atoms with Crippen LogP contribution in [0.5, 0.6) is 0 Å². The molecular weight excluding hydrogens is 504 g/mol. The molecule has 0 N–H and O–H groups in total. The lowest BCUT2D eigenvalue weighted by Crippen LogP contribution is -2.51. The topological polar surface area (TPSA) is 83.1 Å². The summed E-state index contributed by atoms with van der Waals surface area (Å²) in [6, 6.07) is 5.93. The van der Waals surface area contributed by atoms with Gasteiger partial charge in [-0.2, -0.15) is 0 Å². The number of imide groups is 1. The van der Waals surface area contributed by atoms with E-state index in [1.807, 2.05) is 24.3 Å². The Morgan fingerprint density at radius 1 is 0.950 bits per heavy atom. The van der Waals surface area contributed by atoms with Crippen molar-refractivity contribution in [2.75, 3.05) is 44.2 Å². The summed E-state index contributed by atoms with van der Waals surface area (Å²) >= 11 is 0. The van der Waals surface area contributed by atoms with Crippen molar-refractivity contribution in [1.82, 2.24) is 14.8 Å². The molecule has 3 fully saturated rings. The van der Waals surface area contributed by atoms with Gasteiger partial charge < -0.3 is 9.64 Å². The fourth-order valence-electron chi connectivity index (χ4n) is 6.98. The number of allylic oxidation sites excluding steroid dienone is 3. The number of rotatable bonds is 15. The molecule has 1 saturated carbocycles. The number of hydrogen-bond acceptors (Lipinski definition) is 7. The molecular formula is C32H44N4O4. The van der Waals surface area contributed by atoms with Gasteiger partial charge >= 0.3 is 5.97 Å². The fraction of sp³-hybridized carbons (Fsp3) is 0.625. The summed E-state index contributed by atoms with van der Waals surface area (Å²) in [6.07, 6.45) is 16.3. The first kappa shape index (κ1) is 28.5. The zero-order valence-corrected chi connectivity index (χ0v) is 23.7. The highest BCUT2D eigenvalue weighted by Gasteiger charge is 2.59. The summed E-state index contributed by atoms with van der Waals surface area (Å²) in [5, 5.41) is 0. The maximum Gasteiger partial charge on any atom is 0.306 e. The summed E-state index contributed by atoms with van der Waals surface area (Å²) in [4.78, 5) is 50.0. The van der Waals surface area contributed by atoms with Gasteiger partial charge in [-0.05, 0) is 49.7 Å². The van der Waals surface area contributed by atoms with Crippen molar-refractivity contribution in [2.45, 2.75) is 63.9 Å². The Kier molecular flexibility index (Phi) is 9.68. The highest BCUT2D eigenvalue weighted by Crippen LogP contribution is 2.52. The number of aromatic nitrogens is 1. The zero-order chi connectivity index (χ0) is 27.9. The summed E-state index contributed by atoms with van der Waals surface area (Å²) in [5.74, 6) is 0.467. The van der Waals surface area contributed by atoms with Crippen molar-refractivity contribution in [1.29, 1.82) is 0 Å². The predicted molar refractivity (Wildman–Crippen MR) is 154 cm³/mol. The van der Waals surface area contributed by atoms with Gasteiger partial charge in [0.15, 0.2) is 0 Å². The second kappa shape index (κ2) is 13.6. The van der Waals surface area contributed by atoms with E-state index in [1.54, 1.807) is 6.20 Å². The molecule has 3 heterocycles. The van der Waals surface area contributed by atoms with E-state index in [4.69, 9.17) is 4.74 Å². The Bertz CT molecular complexity index is 1040. The molecule has 4 aliphatic rings. The molecule has 5 unspecified atom stereocenters. The molecule has 40 heavy (non-hydrogen) atoms. The van der Waals surface area contributed by atoms with Crippen molar-refractivity contribution >= 4 is 23.6 Å². The van der Waals surface area contributed by atoms with E-state index in [9.17, 15) is 14.4 Å². The van der Waals surface area contributed by atoms with Crippen LogP contribution in [0.1, 0.15) is 57.8 Å². The van der Waals surface area contributed by atoms with Gasteiger partial charge in [0, 0.05) is 45.3 Å². The normalized spacial score (nSPS) is 26.4. The lowest BCUT2D eigenvalue weighted by atomic mass is 9.85. The quantitative estimate of drug-likeness (QED) is 0.140. The highest BCUT2D eigenvalue weighted by molar-refractivity contribution is 6.06. The standard InChI is InChI=1S/C32H44N4O4/c1-2-3-4-5-6-7-8-9-13-28(37)40-26(22-34-17-19-35(20-18-34)27-12-10-11-16-33-27)23-36-31(38)29-24-14-15-25(21-24)30(29)32(36)39/h2,10-12,14-16,24-26,29-30H,1,3-9,13,17-23H2. The molecule has 0 aromatic carbocycles. The van der Waals surface area contributed by atoms with Crippen molar-refractivity contribution in [3.63, 3.8) is 0 Å². The van der Waals surface area contributed by atoms with Gasteiger partial charge in [-0.15, -0.1) is 6.58 Å². The predicted octanol–water partition coefficient (Wildman–Crippen LogP) is 4.23. The van der Waals surface area contributed by atoms with Gasteiger partial charge in [-0.1, -0.05) is 50.0 Å². The van der Waals surface area contributed by atoms with Crippen molar-refractivity contribution in [3.8, 4) is 0 Å². The Morgan fingerprint density at radius 3 is 2.27 bits per heavy atom. The highest BCUT2D eigenvalue weighted by atomic mass is 16.5. The number of anilines is 1. The van der Waals surface area contributed by atoms with Gasteiger partial charge in [0.25, 0.3) is 0 Å². The third-order valence-electron chi connectivity index (χ3n) is 9.09. The summed E-state index contributed by atoms with van der Waals surface area (Å²) < 4.78 is 6.00. The molecule has 1 aromatic rings. The van der Waals surface area contributed by atoms with Gasteiger partial charge in [0.2, 0.25) is 11.8 Å². The molecule has 0 spiro atoms. The van der Waals surface area contributed by atoms with E-state index < -0.39 is 6.10 Å². The number of nitrogens with zero attached hydrogens (tertiary/aromatic N) is 4. The first-order chi connectivity index (χ1) is 19.5. The minimum atomic E-state index is -0.523. The van der Waals surface area contributed by atoms with Gasteiger partial charge in [0.05, 0.1) is 18.4 Å². The van der Waals surface area contributed by atoms with E-state index >= 15 is 0 Å². The number of unbranched alkanes of at least 4 members (excludes halogenated alkanes) is 6. The average molecular weight is 549 g/mol. The number of amides is 2. The number of carbonyl (C=O) groups excluding carboxylic acids is 3. The second-order valence-electron chi connectivity index (χ2n) is 11.8. The maximum atomic E-state index is 13.3. The second-order valence-corrected chi connectivity index (χ2v) is 11.8. The minimum Gasteiger partial charge on any atom is -0.459 e. The molecule has 2 amide bonds. The molecule has 2 bridgehead atoms. The SMILES string of the molecule is C=CCCCCCCCCC(=O)OC(CN1CCN(c2ccccn2)CC1)CN1C(=O)C2C3C=CC(C3)C2C1=O. The number of hydrogen-bond donors (Lipinski definition) is 0. The number of ether oxygens (including phenoxy) is 1. The molecule has 8 nitrogen and oxygen atoms in total. The molecule has 2 saturated heterocycles. The van der Waals surface area contributed by atoms with Crippen LogP contribution < -0.4 is 4.90 Å². The van der Waals surface area contributed by atoms with Crippen LogP contribution in [-0.2, 0) is 19.1 Å². The average Bonchev–Trinajstić information content (AvgIpc) is 3.66. The van der Waals surface area contributed by atoms with Crippen LogP contribution in [0.2, 0.25) is 0 Å². The van der Waals surface area contributed by atoms with Crippen LogP contribution >= 0.6 is 0 Å². The number of piperazine rings is 1. The van der Waals surface area contributed by atoms with E-state index in [2.05, 4.69) is 33.5 Å². The number of pyridine rings is 1. The van der Waals surface area contributed by atoms with Crippen LogP contribution in [0, 0.1) is 23.7 Å². The number of esters is 1. The number of likely N-dealkylation sites (tertiary alicyclic amines) is 1. The molecule has 5 atom stereocenters. The van der Waals surface area contributed by atoms with Crippen LogP contribution in [0.25, 0.3) is 0 Å². The van der Waals surface area contributed by atoms with Gasteiger partial charge in [0.1, 0.15) is 11.9 Å². The molecule has 5 rings (SSSR count). The zero-order valence-electron chi connectivity index (χ0n) is 23.7. The Morgan fingerprint density at radius 2 is 1.62 bits per heavy atom. The lowest BCUT2D eigenvalue weighted by Gasteiger charge is -2.37. The van der Waals surface area contributed by atoms with E-state index in [0.717, 1.165) is 64.1 Å². The Hall–Kier alpha value is -3.00. The van der Waals surface area contributed by atoms with Crippen molar-refractivity contribution < 1.29 is 19.1 Å². The third-order valence-corrected chi connectivity index (χ3v) is 9.09. The summed E-state index contributed by atoms with van der Waals surface area (Å²) in [6.45, 7) is 7.69. The maximum absolute atomic E-state index is 13.3. The van der Waals surface area contributed by atoms with Crippen LogP contribution in [0.15, 0.2) is 49.2 Å². The van der Waals surface area contributed by atoms with Crippen molar-refractivity contribution in [3.05, 3.63) is 49.2 Å². The Labute approximate surface area is 238 Å². The summed E-state index contributed by atoms with van der Waals surface area (Å²) in [7, 11) is 0. The first-order valence-electron chi connectivity index (χ1n) is 15.3. The molecule has 0 radical (unpaired) electrons. The minimum absolute atomic E-state index is 0.0793. The third kappa shape index (κ3) is 6.65. The van der Waals surface area contributed by atoms with E-state index in [-0.39, 0.29) is 48.0 Å². The first-order valence-corrected chi connectivity index (χ1v) is 15.3. The molecule has 2 aliphatic carbocycles. The number of fused-ring (bicyclic) bond motifs is 5. The smallest absolute Gasteiger partial charge is 0.306 e. The molecule has 1 aromatic heterocycles. The van der Waals surface area contributed by atoms with Crippen LogP contribution in [0.4, 0.5) is 5.82 Å². The van der Waals surface area contributed by atoms with Gasteiger partial charge in [-0.25, -0.2) is 4.98 Å². The Balaban J connectivity index is 1.14. The van der Waals surface area contributed by atoms with E-state index in [1.165, 1.54) is 24.2 Å². The lowest BCUT2D eigenvalue weighted by molar-refractivity contribution is -0.155. The fourth-order valence-corrected chi connectivity index (χ4v) is 6.98. The largest absolute Gasteiger partial charge is 0.459 e. The number of carbonyl (C=O) groups is 3. The molecule has 8 heteroatoms. The van der Waals surface area contributed by atoms with Crippen LogP contribution in [0.3, 0.4) is 0 Å². The van der Waals surface area contributed by atoms with Crippen LogP contribution in [-0.4, -0.2) is 77.9 Å². The molecule has 216 valence electrons. The van der Waals surface area contributed by atoms with Gasteiger partial charge in [-0.3, -0.25) is 24.2 Å².